The summed E-state index contributed by atoms with van der Waals surface area (Å²) < 4.78 is 0. The van der Waals surface area contributed by atoms with E-state index >= 15 is 0 Å². The van der Waals surface area contributed by atoms with Gasteiger partial charge in [-0.25, -0.2) is 0 Å². The molecule has 1 aliphatic rings. The smallest absolute Gasteiger partial charge is 0.166 e. The lowest BCUT2D eigenvalue weighted by molar-refractivity contribution is 0.623. The predicted molar refractivity (Wildman–Crippen MR) is 88.6 cm³/mol. The fraction of sp³-hybridized carbons (Fsp3) is 0.533. The van der Waals surface area contributed by atoms with Crippen LogP contribution in [-0.2, 0) is 5.75 Å². The van der Waals surface area contributed by atoms with Gasteiger partial charge in [-0.1, -0.05) is 43.2 Å². The maximum Gasteiger partial charge on any atom is 0.166 e. The number of hydrogen-bond acceptors (Lipinski definition) is 2. The van der Waals surface area contributed by atoms with E-state index in [0.29, 0.717) is 6.04 Å². The van der Waals surface area contributed by atoms with E-state index in [1.807, 2.05) is 11.8 Å². The van der Waals surface area contributed by atoms with E-state index in [-0.39, 0.29) is 0 Å². The summed E-state index contributed by atoms with van der Waals surface area (Å²) in [6.07, 6.45) is 5.22. The molecule has 1 fully saturated rings. The molecule has 104 valence electrons. The number of rotatable bonds is 6. The maximum atomic E-state index is 5.30. The normalized spacial score (nSPS) is 15.4. The Bertz CT molecular complexity index is 375. The molecule has 0 heterocycles. The molecule has 4 heteroatoms. The van der Waals surface area contributed by atoms with Gasteiger partial charge in [-0.05, 0) is 30.6 Å². The van der Waals surface area contributed by atoms with Gasteiger partial charge in [-0.15, -0.1) is 0 Å². The van der Waals surface area contributed by atoms with Crippen molar-refractivity contribution in [3.63, 3.8) is 0 Å². The van der Waals surface area contributed by atoms with Crippen LogP contribution in [0.25, 0.3) is 0 Å². The van der Waals surface area contributed by atoms with Crippen LogP contribution in [-0.4, -0.2) is 23.5 Å². The van der Waals surface area contributed by atoms with Crippen molar-refractivity contribution in [2.45, 2.75) is 37.5 Å². The van der Waals surface area contributed by atoms with E-state index < -0.39 is 0 Å². The molecule has 0 radical (unpaired) electrons. The summed E-state index contributed by atoms with van der Waals surface area (Å²) in [4.78, 5) is 0. The first-order valence-corrected chi connectivity index (χ1v) is 8.57. The Kier molecular flexibility index (Phi) is 6.51. The Labute approximate surface area is 125 Å². The van der Waals surface area contributed by atoms with E-state index in [2.05, 4.69) is 41.0 Å². The average Bonchev–Trinajstić information content (AvgIpc) is 2.92. The second-order valence-corrected chi connectivity index (χ2v) is 6.43. The third-order valence-corrected chi connectivity index (χ3v) is 4.63. The Morgan fingerprint density at radius 2 is 1.95 bits per heavy atom. The van der Waals surface area contributed by atoms with Crippen LogP contribution < -0.4 is 10.6 Å². The number of hydrogen-bond donors (Lipinski definition) is 2. The molecule has 0 spiro atoms. The van der Waals surface area contributed by atoms with Gasteiger partial charge in [0.1, 0.15) is 0 Å². The Morgan fingerprint density at radius 3 is 2.68 bits per heavy atom. The summed E-state index contributed by atoms with van der Waals surface area (Å²) in [6.45, 7) is 0.941. The van der Waals surface area contributed by atoms with Crippen LogP contribution in [0.4, 0.5) is 0 Å². The summed E-state index contributed by atoms with van der Waals surface area (Å²) in [5.41, 5.74) is 1.39. The van der Waals surface area contributed by atoms with Gasteiger partial charge in [0.05, 0.1) is 0 Å². The predicted octanol–water partition coefficient (Wildman–Crippen LogP) is 3.33. The van der Waals surface area contributed by atoms with Crippen molar-refractivity contribution in [2.75, 3.05) is 12.3 Å². The molecule has 0 amide bonds. The number of thiocarbonyl (C=S) groups is 1. The second kappa shape index (κ2) is 8.43. The molecule has 0 aliphatic heterocycles. The van der Waals surface area contributed by atoms with Crippen molar-refractivity contribution in [2.24, 2.45) is 0 Å². The molecular weight excluding hydrogens is 272 g/mol. The SMILES string of the molecule is S=C(NCCSCc1ccccc1)NC1CCCC1. The zero-order valence-electron chi connectivity index (χ0n) is 11.2. The van der Waals surface area contributed by atoms with E-state index in [1.54, 1.807) is 0 Å². The van der Waals surface area contributed by atoms with Crippen LogP contribution in [0, 0.1) is 0 Å². The lowest BCUT2D eigenvalue weighted by atomic mass is 10.2. The minimum Gasteiger partial charge on any atom is -0.362 e. The highest BCUT2D eigenvalue weighted by Gasteiger charge is 2.14. The summed E-state index contributed by atoms with van der Waals surface area (Å²) in [7, 11) is 0. The molecule has 2 nitrogen and oxygen atoms in total. The van der Waals surface area contributed by atoms with Gasteiger partial charge >= 0.3 is 0 Å². The lowest BCUT2D eigenvalue weighted by Gasteiger charge is -2.15. The maximum absolute atomic E-state index is 5.30. The van der Waals surface area contributed by atoms with Gasteiger partial charge in [-0.2, -0.15) is 11.8 Å². The second-order valence-electron chi connectivity index (χ2n) is 4.92. The molecule has 1 aliphatic carbocycles. The largest absolute Gasteiger partial charge is 0.362 e. The summed E-state index contributed by atoms with van der Waals surface area (Å²) in [5.74, 6) is 2.16. The Hall–Kier alpha value is -0.740. The number of benzene rings is 1. The molecular formula is C15H22N2S2. The van der Waals surface area contributed by atoms with Gasteiger partial charge < -0.3 is 10.6 Å². The molecule has 0 bridgehead atoms. The molecule has 1 aromatic carbocycles. The summed E-state index contributed by atoms with van der Waals surface area (Å²) >= 11 is 7.24. The van der Waals surface area contributed by atoms with Gasteiger partial charge in [0.2, 0.25) is 0 Å². The van der Waals surface area contributed by atoms with Crippen molar-refractivity contribution < 1.29 is 0 Å². The fourth-order valence-corrected chi connectivity index (χ4v) is 3.40. The van der Waals surface area contributed by atoms with Crippen LogP contribution in [0.15, 0.2) is 30.3 Å². The Balaban J connectivity index is 1.50. The summed E-state index contributed by atoms with van der Waals surface area (Å²) in [6, 6.07) is 11.2. The quantitative estimate of drug-likeness (QED) is 0.621. The van der Waals surface area contributed by atoms with Crippen LogP contribution in [0.3, 0.4) is 0 Å². The van der Waals surface area contributed by atoms with Crippen LogP contribution in [0.5, 0.6) is 0 Å². The molecule has 2 rings (SSSR count). The van der Waals surface area contributed by atoms with Crippen molar-refractivity contribution in [3.8, 4) is 0 Å². The molecule has 0 atom stereocenters. The zero-order chi connectivity index (χ0) is 13.3. The molecule has 2 N–H and O–H groups in total. The monoisotopic (exact) mass is 294 g/mol. The molecule has 0 unspecified atom stereocenters. The number of thioether (sulfide) groups is 1. The van der Waals surface area contributed by atoms with E-state index in [4.69, 9.17) is 12.2 Å². The molecule has 0 aromatic heterocycles. The third kappa shape index (κ3) is 5.83. The van der Waals surface area contributed by atoms with Gasteiger partial charge in [-0.3, -0.25) is 0 Å². The highest BCUT2D eigenvalue weighted by Crippen LogP contribution is 2.17. The Morgan fingerprint density at radius 1 is 1.21 bits per heavy atom. The first kappa shape index (κ1) is 14.7. The first-order chi connectivity index (χ1) is 9.34. The molecule has 1 aromatic rings. The first-order valence-electron chi connectivity index (χ1n) is 7.00. The minimum atomic E-state index is 0.608. The van der Waals surface area contributed by atoms with Gasteiger partial charge in [0, 0.05) is 24.1 Å². The van der Waals surface area contributed by atoms with Crippen LogP contribution in [0.2, 0.25) is 0 Å². The average molecular weight is 294 g/mol. The van der Waals surface area contributed by atoms with Crippen molar-refractivity contribution >= 4 is 29.1 Å². The van der Waals surface area contributed by atoms with Gasteiger partial charge in [0.15, 0.2) is 5.11 Å². The zero-order valence-corrected chi connectivity index (χ0v) is 12.9. The van der Waals surface area contributed by atoms with Crippen LogP contribution in [0.1, 0.15) is 31.2 Å². The van der Waals surface area contributed by atoms with E-state index in [1.165, 1.54) is 31.2 Å². The number of nitrogens with one attached hydrogen (secondary N) is 2. The van der Waals surface area contributed by atoms with Crippen molar-refractivity contribution in [1.29, 1.82) is 0 Å². The third-order valence-electron chi connectivity index (χ3n) is 3.33. The highest BCUT2D eigenvalue weighted by molar-refractivity contribution is 7.98. The van der Waals surface area contributed by atoms with Crippen molar-refractivity contribution in [1.82, 2.24) is 10.6 Å². The minimum absolute atomic E-state index is 0.608. The van der Waals surface area contributed by atoms with E-state index in [9.17, 15) is 0 Å². The fourth-order valence-electron chi connectivity index (χ4n) is 2.31. The molecule has 19 heavy (non-hydrogen) atoms. The summed E-state index contributed by atoms with van der Waals surface area (Å²) in [5, 5.41) is 7.52. The van der Waals surface area contributed by atoms with Gasteiger partial charge in [0.25, 0.3) is 0 Å². The topological polar surface area (TPSA) is 24.1 Å². The van der Waals surface area contributed by atoms with Crippen molar-refractivity contribution in [3.05, 3.63) is 35.9 Å². The van der Waals surface area contributed by atoms with E-state index in [0.717, 1.165) is 23.2 Å². The molecule has 1 saturated carbocycles. The molecule has 0 saturated heterocycles. The lowest BCUT2D eigenvalue weighted by Crippen LogP contribution is -2.41. The van der Waals surface area contributed by atoms with Crippen LogP contribution >= 0.6 is 24.0 Å². The highest BCUT2D eigenvalue weighted by atomic mass is 32.2. The standard InChI is InChI=1S/C15H22N2S2/c18-15(17-14-8-4-5-9-14)16-10-11-19-12-13-6-2-1-3-7-13/h1-3,6-7,14H,4-5,8-12H2,(H2,16,17,18).